The molecular weight excluding hydrogens is 242 g/mol. The molecule has 18 heavy (non-hydrogen) atoms. The van der Waals surface area contributed by atoms with E-state index in [2.05, 4.69) is 42.5 Å². The van der Waals surface area contributed by atoms with Crippen LogP contribution in [0, 0.1) is 6.92 Å². The van der Waals surface area contributed by atoms with Gasteiger partial charge in [0.15, 0.2) is 0 Å². The number of hydrogen-bond donors (Lipinski definition) is 1. The first-order valence-corrected chi connectivity index (χ1v) is 7.25. The third-order valence-corrected chi connectivity index (χ3v) is 4.48. The fraction of sp³-hybridized carbons (Fsp3) is 0.500. The van der Waals surface area contributed by atoms with Crippen LogP contribution in [0.5, 0.6) is 0 Å². The van der Waals surface area contributed by atoms with E-state index in [4.69, 9.17) is 0 Å². The first kappa shape index (κ1) is 13.3. The van der Waals surface area contributed by atoms with Crippen molar-refractivity contribution in [1.29, 1.82) is 0 Å². The minimum Gasteiger partial charge on any atom is -0.312 e. The molecule has 0 amide bonds. The molecule has 2 rings (SSSR count). The van der Waals surface area contributed by atoms with Gasteiger partial charge in [0.05, 0.1) is 4.88 Å². The molecule has 0 spiro atoms. The molecule has 0 saturated carbocycles. The van der Waals surface area contributed by atoms with E-state index in [-0.39, 0.29) is 0 Å². The van der Waals surface area contributed by atoms with Crippen molar-refractivity contribution in [2.45, 2.75) is 32.7 Å². The summed E-state index contributed by atoms with van der Waals surface area (Å²) in [6, 6.07) is 7.02. The summed E-state index contributed by atoms with van der Waals surface area (Å²) >= 11 is 1.84. The van der Waals surface area contributed by atoms with Crippen LogP contribution in [0.25, 0.3) is 10.6 Å². The van der Waals surface area contributed by atoms with E-state index in [1.165, 1.54) is 28.3 Å². The second-order valence-electron chi connectivity index (χ2n) is 4.63. The van der Waals surface area contributed by atoms with Crippen LogP contribution < -0.4 is 5.32 Å². The van der Waals surface area contributed by atoms with E-state index in [1.807, 2.05) is 30.1 Å². The molecule has 0 radical (unpaired) electrons. The van der Waals surface area contributed by atoms with Crippen molar-refractivity contribution in [2.24, 2.45) is 7.05 Å². The highest BCUT2D eigenvalue weighted by atomic mass is 32.1. The van der Waals surface area contributed by atoms with Gasteiger partial charge in [0, 0.05) is 23.7 Å². The summed E-state index contributed by atoms with van der Waals surface area (Å²) in [7, 11) is 4.02. The molecular formula is C14H21N3S. The zero-order valence-electron chi connectivity index (χ0n) is 11.5. The lowest BCUT2D eigenvalue weighted by Gasteiger charge is -2.12. The van der Waals surface area contributed by atoms with Gasteiger partial charge in [-0.25, -0.2) is 0 Å². The third kappa shape index (κ3) is 2.65. The topological polar surface area (TPSA) is 29.9 Å². The Bertz CT molecular complexity index is 493. The predicted molar refractivity (Wildman–Crippen MR) is 78.0 cm³/mol. The molecule has 0 saturated heterocycles. The lowest BCUT2D eigenvalue weighted by Crippen LogP contribution is -2.14. The lowest BCUT2D eigenvalue weighted by atomic mass is 10.1. The average molecular weight is 263 g/mol. The van der Waals surface area contributed by atoms with Gasteiger partial charge in [-0.3, -0.25) is 4.68 Å². The second kappa shape index (κ2) is 5.67. The van der Waals surface area contributed by atoms with Crippen molar-refractivity contribution in [2.75, 3.05) is 7.05 Å². The van der Waals surface area contributed by atoms with Gasteiger partial charge in [0.2, 0.25) is 0 Å². The quantitative estimate of drug-likeness (QED) is 0.894. The predicted octanol–water partition coefficient (Wildman–Crippen LogP) is 3.52. The van der Waals surface area contributed by atoms with E-state index >= 15 is 0 Å². The first-order valence-electron chi connectivity index (χ1n) is 6.43. The zero-order valence-corrected chi connectivity index (χ0v) is 12.3. The van der Waals surface area contributed by atoms with Gasteiger partial charge in [0.25, 0.3) is 0 Å². The molecule has 2 heterocycles. The molecule has 4 heteroatoms. The van der Waals surface area contributed by atoms with Crippen molar-refractivity contribution in [3.8, 4) is 10.6 Å². The number of hydrogen-bond acceptors (Lipinski definition) is 3. The molecule has 0 bridgehead atoms. The smallest absolute Gasteiger partial charge is 0.103 e. The van der Waals surface area contributed by atoms with E-state index < -0.39 is 0 Å². The van der Waals surface area contributed by atoms with Crippen LogP contribution in [0.1, 0.15) is 36.4 Å². The Kier molecular flexibility index (Phi) is 4.19. The van der Waals surface area contributed by atoms with Gasteiger partial charge in [-0.1, -0.05) is 13.3 Å². The van der Waals surface area contributed by atoms with Crippen molar-refractivity contribution in [3.63, 3.8) is 0 Å². The maximum atomic E-state index is 4.53. The number of nitrogens with zero attached hydrogens (tertiary/aromatic N) is 2. The van der Waals surface area contributed by atoms with E-state index in [1.54, 1.807) is 0 Å². The fourth-order valence-corrected chi connectivity index (χ4v) is 3.18. The Morgan fingerprint density at radius 2 is 2.22 bits per heavy atom. The Morgan fingerprint density at radius 3 is 2.78 bits per heavy atom. The van der Waals surface area contributed by atoms with E-state index in [9.17, 15) is 0 Å². The van der Waals surface area contributed by atoms with Gasteiger partial charge < -0.3 is 5.32 Å². The Hall–Kier alpha value is -1.13. The Morgan fingerprint density at radius 1 is 1.44 bits per heavy atom. The zero-order chi connectivity index (χ0) is 13.1. The van der Waals surface area contributed by atoms with E-state index in [0.717, 1.165) is 5.69 Å². The number of aromatic nitrogens is 2. The summed E-state index contributed by atoms with van der Waals surface area (Å²) in [5, 5.41) is 7.92. The van der Waals surface area contributed by atoms with Crippen molar-refractivity contribution in [1.82, 2.24) is 15.1 Å². The normalized spacial score (nSPS) is 12.9. The van der Waals surface area contributed by atoms with Crippen LogP contribution in [0.2, 0.25) is 0 Å². The van der Waals surface area contributed by atoms with Crippen LogP contribution >= 0.6 is 11.3 Å². The number of aryl methyl sites for hydroxylation is 2. The first-order chi connectivity index (χ1) is 8.65. The van der Waals surface area contributed by atoms with Crippen molar-refractivity contribution in [3.05, 3.63) is 28.8 Å². The molecule has 0 aliphatic rings. The average Bonchev–Trinajstić information content (AvgIpc) is 2.94. The minimum atomic E-state index is 0.471. The Labute approximate surface area is 113 Å². The summed E-state index contributed by atoms with van der Waals surface area (Å²) in [4.78, 5) is 2.66. The second-order valence-corrected chi connectivity index (χ2v) is 5.74. The number of thiophene rings is 1. The molecule has 0 aromatic carbocycles. The molecule has 1 atom stereocenters. The highest BCUT2D eigenvalue weighted by molar-refractivity contribution is 7.15. The van der Waals surface area contributed by atoms with Crippen molar-refractivity contribution < 1.29 is 0 Å². The molecule has 1 unspecified atom stereocenters. The molecule has 3 nitrogen and oxygen atoms in total. The minimum absolute atomic E-state index is 0.471. The van der Waals surface area contributed by atoms with Crippen LogP contribution in [-0.4, -0.2) is 16.8 Å². The lowest BCUT2D eigenvalue weighted by molar-refractivity contribution is 0.550. The van der Waals surface area contributed by atoms with E-state index in [0.29, 0.717) is 6.04 Å². The molecule has 0 fully saturated rings. The van der Waals surface area contributed by atoms with Gasteiger partial charge in [0.1, 0.15) is 5.69 Å². The summed E-state index contributed by atoms with van der Waals surface area (Å²) in [6.45, 7) is 4.31. The van der Waals surface area contributed by atoms with Gasteiger partial charge in [-0.2, -0.15) is 5.10 Å². The van der Waals surface area contributed by atoms with Gasteiger partial charge in [-0.05, 0) is 38.6 Å². The van der Waals surface area contributed by atoms with Crippen LogP contribution in [-0.2, 0) is 7.05 Å². The van der Waals surface area contributed by atoms with Gasteiger partial charge >= 0.3 is 0 Å². The SMILES string of the molecule is CCCC(NC)c1ccc(-c2cc(C)n(C)n2)s1. The molecule has 98 valence electrons. The summed E-state index contributed by atoms with van der Waals surface area (Å²) in [5.41, 5.74) is 2.27. The monoisotopic (exact) mass is 263 g/mol. The highest BCUT2D eigenvalue weighted by Crippen LogP contribution is 2.32. The summed E-state index contributed by atoms with van der Waals surface area (Å²) in [6.07, 6.45) is 2.37. The number of nitrogens with one attached hydrogen (secondary N) is 1. The fourth-order valence-electron chi connectivity index (χ4n) is 2.08. The summed E-state index contributed by atoms with van der Waals surface area (Å²) in [5.74, 6) is 0. The largest absolute Gasteiger partial charge is 0.312 e. The molecule has 1 N–H and O–H groups in total. The highest BCUT2D eigenvalue weighted by Gasteiger charge is 2.13. The van der Waals surface area contributed by atoms with Gasteiger partial charge in [-0.15, -0.1) is 11.3 Å². The van der Waals surface area contributed by atoms with Crippen LogP contribution in [0.3, 0.4) is 0 Å². The molecule has 2 aromatic rings. The maximum Gasteiger partial charge on any atom is 0.103 e. The third-order valence-electron chi connectivity index (χ3n) is 3.26. The summed E-state index contributed by atoms with van der Waals surface area (Å²) < 4.78 is 1.93. The van der Waals surface area contributed by atoms with Crippen molar-refractivity contribution >= 4 is 11.3 Å². The standard InChI is InChI=1S/C14H21N3S/c1-5-6-11(15-3)13-7-8-14(18-13)12-9-10(2)17(4)16-12/h7-9,11,15H,5-6H2,1-4H3. The Balaban J connectivity index is 2.24. The molecule has 2 aromatic heterocycles. The van der Waals surface area contributed by atoms with Crippen LogP contribution in [0.15, 0.2) is 18.2 Å². The molecule has 0 aliphatic heterocycles. The van der Waals surface area contributed by atoms with Crippen LogP contribution in [0.4, 0.5) is 0 Å². The maximum absolute atomic E-state index is 4.53. The molecule has 0 aliphatic carbocycles. The number of rotatable bonds is 5.